The van der Waals surface area contributed by atoms with Crippen molar-refractivity contribution in [3.63, 3.8) is 0 Å². The third kappa shape index (κ3) is 3.07. The maximum absolute atomic E-state index is 13.5. The number of hydrogen-bond donors (Lipinski definition) is 1. The first-order valence-electron chi connectivity index (χ1n) is 6.51. The van der Waals surface area contributed by atoms with Crippen molar-refractivity contribution in [3.05, 3.63) is 28.8 Å². The van der Waals surface area contributed by atoms with Crippen LogP contribution in [0, 0.1) is 5.82 Å². The standard InChI is InChI=1S/C14H20ClFN2O/c1-13(2,3)18-6-4-14(19,5-7-18)10-8-11(16)12(15)17-9-10/h8-9,19H,4-7H2,1-3H3. The van der Waals surface area contributed by atoms with Crippen molar-refractivity contribution < 1.29 is 9.50 Å². The molecule has 0 unspecified atom stereocenters. The molecule has 0 saturated carbocycles. The largest absolute Gasteiger partial charge is 0.385 e. The second-order valence-corrected chi connectivity index (χ2v) is 6.54. The Kier molecular flexibility index (Phi) is 3.87. The molecular weight excluding hydrogens is 267 g/mol. The summed E-state index contributed by atoms with van der Waals surface area (Å²) in [4.78, 5) is 6.10. The van der Waals surface area contributed by atoms with E-state index < -0.39 is 11.4 Å². The lowest BCUT2D eigenvalue weighted by Crippen LogP contribution is -2.50. The lowest BCUT2D eigenvalue weighted by atomic mass is 9.84. The maximum Gasteiger partial charge on any atom is 0.164 e. The van der Waals surface area contributed by atoms with Gasteiger partial charge in [0.05, 0.1) is 5.60 Å². The summed E-state index contributed by atoms with van der Waals surface area (Å²) in [6.45, 7) is 8.02. The van der Waals surface area contributed by atoms with Gasteiger partial charge >= 0.3 is 0 Å². The number of aromatic nitrogens is 1. The van der Waals surface area contributed by atoms with E-state index in [0.29, 0.717) is 18.4 Å². The fourth-order valence-corrected chi connectivity index (χ4v) is 2.62. The Labute approximate surface area is 118 Å². The van der Waals surface area contributed by atoms with Crippen LogP contribution in [0.4, 0.5) is 4.39 Å². The number of halogens is 2. The van der Waals surface area contributed by atoms with Crippen molar-refractivity contribution in [3.8, 4) is 0 Å². The zero-order valence-electron chi connectivity index (χ0n) is 11.6. The van der Waals surface area contributed by atoms with E-state index in [1.165, 1.54) is 12.3 Å². The van der Waals surface area contributed by atoms with Crippen molar-refractivity contribution in [2.75, 3.05) is 13.1 Å². The Hall–Kier alpha value is -0.710. The van der Waals surface area contributed by atoms with Gasteiger partial charge in [0.25, 0.3) is 0 Å². The van der Waals surface area contributed by atoms with Crippen LogP contribution in [-0.4, -0.2) is 33.6 Å². The molecule has 2 heterocycles. The number of rotatable bonds is 1. The first-order chi connectivity index (χ1) is 8.72. The highest BCUT2D eigenvalue weighted by molar-refractivity contribution is 6.29. The van der Waals surface area contributed by atoms with Gasteiger partial charge in [-0.2, -0.15) is 0 Å². The number of hydrogen-bond acceptors (Lipinski definition) is 3. The second kappa shape index (κ2) is 5.00. The zero-order chi connectivity index (χ0) is 14.3. The Morgan fingerprint density at radius 2 is 1.95 bits per heavy atom. The van der Waals surface area contributed by atoms with Crippen molar-refractivity contribution in [2.24, 2.45) is 0 Å². The van der Waals surface area contributed by atoms with Crippen LogP contribution in [0.1, 0.15) is 39.2 Å². The summed E-state index contributed by atoms with van der Waals surface area (Å²) >= 11 is 5.57. The molecule has 19 heavy (non-hydrogen) atoms. The highest BCUT2D eigenvalue weighted by Gasteiger charge is 2.37. The number of piperidine rings is 1. The molecule has 1 saturated heterocycles. The van der Waals surface area contributed by atoms with Crippen LogP contribution < -0.4 is 0 Å². The normalized spacial score (nSPS) is 20.5. The molecule has 1 N–H and O–H groups in total. The highest BCUT2D eigenvalue weighted by Crippen LogP contribution is 2.35. The van der Waals surface area contributed by atoms with Gasteiger partial charge in [-0.15, -0.1) is 0 Å². The van der Waals surface area contributed by atoms with Crippen molar-refractivity contribution in [1.82, 2.24) is 9.88 Å². The molecule has 1 aromatic heterocycles. The fraction of sp³-hybridized carbons (Fsp3) is 0.643. The van der Waals surface area contributed by atoms with Gasteiger partial charge in [0.2, 0.25) is 0 Å². The molecule has 1 aliphatic rings. The first kappa shape index (κ1) is 14.7. The molecule has 106 valence electrons. The summed E-state index contributed by atoms with van der Waals surface area (Å²) in [7, 11) is 0. The molecule has 5 heteroatoms. The summed E-state index contributed by atoms with van der Waals surface area (Å²) in [6, 6.07) is 1.29. The minimum Gasteiger partial charge on any atom is -0.385 e. The van der Waals surface area contributed by atoms with Gasteiger partial charge in [-0.1, -0.05) is 11.6 Å². The van der Waals surface area contributed by atoms with Crippen LogP contribution in [-0.2, 0) is 5.60 Å². The zero-order valence-corrected chi connectivity index (χ0v) is 12.3. The Bertz CT molecular complexity index is 465. The lowest BCUT2D eigenvalue weighted by molar-refractivity contribution is -0.0465. The van der Waals surface area contributed by atoms with Gasteiger partial charge in [-0.25, -0.2) is 9.37 Å². The van der Waals surface area contributed by atoms with Gasteiger partial charge in [0.15, 0.2) is 11.0 Å². The van der Waals surface area contributed by atoms with E-state index in [2.05, 4.69) is 30.7 Å². The van der Waals surface area contributed by atoms with Gasteiger partial charge in [0, 0.05) is 30.4 Å². The first-order valence-corrected chi connectivity index (χ1v) is 6.89. The summed E-state index contributed by atoms with van der Waals surface area (Å²) in [6.07, 6.45) is 2.62. The van der Waals surface area contributed by atoms with Gasteiger partial charge in [0.1, 0.15) is 0 Å². The van der Waals surface area contributed by atoms with E-state index in [1.54, 1.807) is 0 Å². The smallest absolute Gasteiger partial charge is 0.164 e. The third-order valence-corrected chi connectivity index (χ3v) is 4.15. The van der Waals surface area contributed by atoms with Crippen LogP contribution >= 0.6 is 11.6 Å². The van der Waals surface area contributed by atoms with Crippen LogP contribution in [0.3, 0.4) is 0 Å². The number of aliphatic hydroxyl groups is 1. The van der Waals surface area contributed by atoms with E-state index >= 15 is 0 Å². The average Bonchev–Trinajstić information content (AvgIpc) is 2.32. The number of likely N-dealkylation sites (tertiary alicyclic amines) is 1. The SMILES string of the molecule is CC(C)(C)N1CCC(O)(c2cnc(Cl)c(F)c2)CC1. The molecule has 3 nitrogen and oxygen atoms in total. The molecule has 0 aliphatic carbocycles. The van der Waals surface area contributed by atoms with E-state index in [1.807, 2.05) is 0 Å². The highest BCUT2D eigenvalue weighted by atomic mass is 35.5. The summed E-state index contributed by atoms with van der Waals surface area (Å²) in [5, 5.41) is 10.5. The lowest BCUT2D eigenvalue weighted by Gasteiger charge is -2.44. The van der Waals surface area contributed by atoms with Crippen molar-refractivity contribution in [2.45, 2.75) is 44.8 Å². The average molecular weight is 287 g/mol. The Morgan fingerprint density at radius 3 is 2.42 bits per heavy atom. The number of nitrogens with zero attached hydrogens (tertiary/aromatic N) is 2. The van der Waals surface area contributed by atoms with Gasteiger partial charge in [-0.3, -0.25) is 4.90 Å². The fourth-order valence-electron chi connectivity index (χ4n) is 2.51. The Morgan fingerprint density at radius 1 is 1.37 bits per heavy atom. The molecule has 0 aromatic carbocycles. The molecule has 0 amide bonds. The molecular formula is C14H20ClFN2O. The van der Waals surface area contributed by atoms with Crippen LogP contribution in [0.5, 0.6) is 0 Å². The van der Waals surface area contributed by atoms with Crippen molar-refractivity contribution in [1.29, 1.82) is 0 Å². The van der Waals surface area contributed by atoms with Gasteiger partial charge < -0.3 is 5.11 Å². The van der Waals surface area contributed by atoms with E-state index in [4.69, 9.17) is 11.6 Å². The molecule has 0 bridgehead atoms. The molecule has 2 rings (SSSR count). The minimum atomic E-state index is -1.000. The quantitative estimate of drug-likeness (QED) is 0.807. The summed E-state index contributed by atoms with van der Waals surface area (Å²) < 4.78 is 13.5. The molecule has 1 aliphatic heterocycles. The summed E-state index contributed by atoms with van der Waals surface area (Å²) in [5.41, 5.74) is -0.395. The predicted octanol–water partition coefficient (Wildman–Crippen LogP) is 2.96. The predicted molar refractivity (Wildman–Crippen MR) is 73.7 cm³/mol. The minimum absolute atomic E-state index is 0.0881. The topological polar surface area (TPSA) is 36.4 Å². The maximum atomic E-state index is 13.5. The van der Waals surface area contributed by atoms with Gasteiger partial charge in [-0.05, 0) is 39.7 Å². The summed E-state index contributed by atoms with van der Waals surface area (Å²) in [5.74, 6) is -0.578. The molecule has 0 atom stereocenters. The molecule has 1 aromatic rings. The van der Waals surface area contributed by atoms with Crippen LogP contribution in [0.15, 0.2) is 12.3 Å². The van der Waals surface area contributed by atoms with E-state index in [-0.39, 0.29) is 10.7 Å². The molecule has 0 radical (unpaired) electrons. The second-order valence-electron chi connectivity index (χ2n) is 6.19. The van der Waals surface area contributed by atoms with Crippen molar-refractivity contribution >= 4 is 11.6 Å². The van der Waals surface area contributed by atoms with E-state index in [9.17, 15) is 9.50 Å². The van der Waals surface area contributed by atoms with E-state index in [0.717, 1.165) is 13.1 Å². The monoisotopic (exact) mass is 286 g/mol. The molecule has 0 spiro atoms. The van der Waals surface area contributed by atoms with Crippen LogP contribution in [0.2, 0.25) is 5.15 Å². The third-order valence-electron chi connectivity index (χ3n) is 3.87. The number of pyridine rings is 1. The molecule has 1 fully saturated rings. The Balaban J connectivity index is 2.15. The van der Waals surface area contributed by atoms with Crippen LogP contribution in [0.25, 0.3) is 0 Å².